The van der Waals surface area contributed by atoms with Crippen LogP contribution in [0, 0.1) is 6.92 Å². The monoisotopic (exact) mass is 308 g/mol. The maximum atomic E-state index is 11.1. The molecule has 1 aromatic heterocycles. The van der Waals surface area contributed by atoms with E-state index in [1.807, 2.05) is 36.5 Å². The Labute approximate surface area is 135 Å². The lowest BCUT2D eigenvalue weighted by atomic mass is 9.98. The van der Waals surface area contributed by atoms with Crippen LogP contribution in [-0.4, -0.2) is 22.2 Å². The molecule has 0 aliphatic heterocycles. The Kier molecular flexibility index (Phi) is 4.33. The molecule has 3 N–H and O–H groups in total. The van der Waals surface area contributed by atoms with E-state index in [4.69, 9.17) is 5.11 Å². The molecule has 1 amide bonds. The number of fused-ring (bicyclic) bond motifs is 1. The molecule has 1 atom stereocenters. The van der Waals surface area contributed by atoms with Crippen LogP contribution < -0.4 is 5.32 Å². The van der Waals surface area contributed by atoms with E-state index in [1.54, 1.807) is 0 Å². The van der Waals surface area contributed by atoms with Gasteiger partial charge in [0.15, 0.2) is 0 Å². The Balaban J connectivity index is 1.84. The first-order chi connectivity index (χ1) is 11.1. The average molecular weight is 308 g/mol. The molecule has 0 saturated carbocycles. The number of rotatable bonds is 5. The molecule has 23 heavy (non-hydrogen) atoms. The van der Waals surface area contributed by atoms with Crippen molar-refractivity contribution in [3.8, 4) is 0 Å². The zero-order valence-corrected chi connectivity index (χ0v) is 13.0. The molecule has 3 aromatic rings. The fourth-order valence-corrected chi connectivity index (χ4v) is 2.97. The van der Waals surface area contributed by atoms with Gasteiger partial charge in [-0.05, 0) is 43.0 Å². The Hall–Kier alpha value is -2.75. The van der Waals surface area contributed by atoms with Crippen LogP contribution in [-0.2, 0) is 12.8 Å². The summed E-state index contributed by atoms with van der Waals surface area (Å²) >= 11 is 0. The van der Waals surface area contributed by atoms with Crippen LogP contribution in [0.25, 0.3) is 10.9 Å². The predicted octanol–water partition coefficient (Wildman–Crippen LogP) is 3.90. The quantitative estimate of drug-likeness (QED) is 0.669. The third-order valence-electron chi connectivity index (χ3n) is 4.04. The number of carbonyl (C=O) groups is 1. The highest BCUT2D eigenvalue weighted by Gasteiger charge is 2.15. The first-order valence-corrected chi connectivity index (χ1v) is 7.72. The molecule has 0 fully saturated rings. The second-order valence-corrected chi connectivity index (χ2v) is 5.90. The van der Waals surface area contributed by atoms with Gasteiger partial charge in [0.25, 0.3) is 0 Å². The minimum atomic E-state index is -0.984. The lowest BCUT2D eigenvalue weighted by Gasteiger charge is -2.17. The minimum Gasteiger partial charge on any atom is -0.465 e. The molecule has 3 rings (SSSR count). The third-order valence-corrected chi connectivity index (χ3v) is 4.04. The van der Waals surface area contributed by atoms with E-state index in [9.17, 15) is 4.79 Å². The summed E-state index contributed by atoms with van der Waals surface area (Å²) in [5.74, 6) is 0. The van der Waals surface area contributed by atoms with Gasteiger partial charge in [-0.3, -0.25) is 0 Å². The molecule has 0 bridgehead atoms. The van der Waals surface area contributed by atoms with Crippen LogP contribution in [0.4, 0.5) is 4.79 Å². The highest BCUT2D eigenvalue weighted by Crippen LogP contribution is 2.21. The highest BCUT2D eigenvalue weighted by molar-refractivity contribution is 5.84. The SMILES string of the molecule is Cc1ccc2[nH]cc(C[C@@H](Cc3ccccc3)NC(=O)O)c2c1. The number of nitrogens with one attached hydrogen (secondary N) is 2. The lowest BCUT2D eigenvalue weighted by molar-refractivity contribution is 0.189. The van der Waals surface area contributed by atoms with Crippen molar-refractivity contribution >= 4 is 17.0 Å². The number of hydrogen-bond donors (Lipinski definition) is 3. The second-order valence-electron chi connectivity index (χ2n) is 5.90. The maximum Gasteiger partial charge on any atom is 0.404 e. The molecule has 0 spiro atoms. The summed E-state index contributed by atoms with van der Waals surface area (Å²) in [4.78, 5) is 14.4. The molecule has 2 aromatic carbocycles. The Morgan fingerprint density at radius 3 is 2.70 bits per heavy atom. The fourth-order valence-electron chi connectivity index (χ4n) is 2.97. The number of benzene rings is 2. The first-order valence-electron chi connectivity index (χ1n) is 7.72. The van der Waals surface area contributed by atoms with E-state index >= 15 is 0 Å². The maximum absolute atomic E-state index is 11.1. The van der Waals surface area contributed by atoms with Crippen LogP contribution in [0.3, 0.4) is 0 Å². The van der Waals surface area contributed by atoms with Crippen LogP contribution in [0.1, 0.15) is 16.7 Å². The van der Waals surface area contributed by atoms with Gasteiger partial charge in [0.1, 0.15) is 0 Å². The Morgan fingerprint density at radius 1 is 1.17 bits per heavy atom. The van der Waals surface area contributed by atoms with Gasteiger partial charge in [0.2, 0.25) is 0 Å². The van der Waals surface area contributed by atoms with Crippen LogP contribution in [0.5, 0.6) is 0 Å². The summed E-state index contributed by atoms with van der Waals surface area (Å²) in [6.07, 6.45) is 2.32. The number of aromatic amines is 1. The molecular formula is C19H20N2O2. The van der Waals surface area contributed by atoms with Crippen molar-refractivity contribution < 1.29 is 9.90 Å². The minimum absolute atomic E-state index is 0.158. The Bertz CT molecular complexity index is 809. The van der Waals surface area contributed by atoms with Crippen molar-refractivity contribution in [2.24, 2.45) is 0 Å². The average Bonchev–Trinajstić information content (AvgIpc) is 2.90. The van der Waals surface area contributed by atoms with Crippen molar-refractivity contribution in [2.75, 3.05) is 0 Å². The molecule has 0 unspecified atom stereocenters. The fraction of sp³-hybridized carbons (Fsp3) is 0.211. The standard InChI is InChI=1S/C19H20N2O2/c1-13-7-8-18-17(9-13)15(12-20-18)11-16(21-19(22)23)10-14-5-3-2-4-6-14/h2-9,12,16,20-21H,10-11H2,1H3,(H,22,23)/t16-/m1/s1. The van der Waals surface area contributed by atoms with E-state index in [0.717, 1.165) is 22.0 Å². The molecule has 1 heterocycles. The van der Waals surface area contributed by atoms with Crippen LogP contribution in [0.2, 0.25) is 0 Å². The normalized spacial score (nSPS) is 12.2. The number of carboxylic acid groups (broad SMARTS) is 1. The summed E-state index contributed by atoms with van der Waals surface area (Å²) in [5, 5.41) is 12.9. The van der Waals surface area contributed by atoms with Crippen molar-refractivity contribution in [1.29, 1.82) is 0 Å². The summed E-state index contributed by atoms with van der Waals surface area (Å²) in [6.45, 7) is 2.06. The second kappa shape index (κ2) is 6.57. The van der Waals surface area contributed by atoms with E-state index in [2.05, 4.69) is 35.4 Å². The summed E-state index contributed by atoms with van der Waals surface area (Å²) < 4.78 is 0. The lowest BCUT2D eigenvalue weighted by Crippen LogP contribution is -2.37. The molecule has 4 heteroatoms. The molecule has 0 aliphatic rings. The smallest absolute Gasteiger partial charge is 0.404 e. The number of amides is 1. The molecule has 0 aliphatic carbocycles. The van der Waals surface area contributed by atoms with E-state index in [-0.39, 0.29) is 6.04 Å². The highest BCUT2D eigenvalue weighted by atomic mass is 16.4. The van der Waals surface area contributed by atoms with Crippen molar-refractivity contribution in [3.63, 3.8) is 0 Å². The van der Waals surface area contributed by atoms with Gasteiger partial charge < -0.3 is 15.4 Å². The van der Waals surface area contributed by atoms with Gasteiger partial charge >= 0.3 is 6.09 Å². The molecule has 0 saturated heterocycles. The van der Waals surface area contributed by atoms with Crippen LogP contribution in [0.15, 0.2) is 54.7 Å². The summed E-state index contributed by atoms with van der Waals surface area (Å²) in [5.41, 5.74) is 4.55. The van der Waals surface area contributed by atoms with Crippen molar-refractivity contribution in [1.82, 2.24) is 10.3 Å². The van der Waals surface area contributed by atoms with E-state index in [0.29, 0.717) is 12.8 Å². The van der Waals surface area contributed by atoms with E-state index < -0.39 is 6.09 Å². The number of aryl methyl sites for hydroxylation is 1. The van der Waals surface area contributed by atoms with E-state index in [1.165, 1.54) is 5.56 Å². The molecular weight excluding hydrogens is 288 g/mol. The summed E-state index contributed by atoms with van der Waals surface area (Å²) in [7, 11) is 0. The van der Waals surface area contributed by atoms with Gasteiger partial charge in [-0.1, -0.05) is 42.0 Å². The third kappa shape index (κ3) is 3.72. The summed E-state index contributed by atoms with van der Waals surface area (Å²) in [6, 6.07) is 16.1. The number of hydrogen-bond acceptors (Lipinski definition) is 1. The molecule has 0 radical (unpaired) electrons. The van der Waals surface area contributed by atoms with Crippen LogP contribution >= 0.6 is 0 Å². The van der Waals surface area contributed by atoms with Crippen molar-refractivity contribution in [3.05, 3.63) is 71.4 Å². The largest absolute Gasteiger partial charge is 0.465 e. The zero-order chi connectivity index (χ0) is 16.2. The van der Waals surface area contributed by atoms with Crippen molar-refractivity contribution in [2.45, 2.75) is 25.8 Å². The Morgan fingerprint density at radius 2 is 1.96 bits per heavy atom. The first kappa shape index (κ1) is 15.2. The number of aromatic nitrogens is 1. The van der Waals surface area contributed by atoms with Gasteiger partial charge in [-0.2, -0.15) is 0 Å². The zero-order valence-electron chi connectivity index (χ0n) is 13.0. The number of H-pyrrole nitrogens is 1. The van der Waals surface area contributed by atoms with Gasteiger partial charge in [-0.25, -0.2) is 4.79 Å². The molecule has 4 nitrogen and oxygen atoms in total. The topological polar surface area (TPSA) is 65.1 Å². The predicted molar refractivity (Wildman–Crippen MR) is 91.8 cm³/mol. The molecule has 118 valence electrons. The van der Waals surface area contributed by atoms with Gasteiger partial charge in [-0.15, -0.1) is 0 Å². The van der Waals surface area contributed by atoms with Gasteiger partial charge in [0.05, 0.1) is 0 Å². The van der Waals surface area contributed by atoms with Gasteiger partial charge in [0, 0.05) is 23.1 Å².